The van der Waals surface area contributed by atoms with E-state index in [2.05, 4.69) is 15.5 Å². The number of hydrogen-bond donors (Lipinski definition) is 1. The Labute approximate surface area is 119 Å². The Morgan fingerprint density at radius 1 is 1.05 bits per heavy atom. The van der Waals surface area contributed by atoms with E-state index in [9.17, 15) is 8.78 Å². The second-order valence-corrected chi connectivity index (χ2v) is 4.61. The first-order valence-electron chi connectivity index (χ1n) is 6.16. The highest BCUT2D eigenvalue weighted by Crippen LogP contribution is 2.25. The number of benzene rings is 2. The fourth-order valence-corrected chi connectivity index (χ4v) is 2.02. The molecular weight excluding hydrogens is 276 g/mol. The number of hydrogen-bond acceptors (Lipinski definition) is 4. The van der Waals surface area contributed by atoms with Gasteiger partial charge in [-0.3, -0.25) is 0 Å². The Morgan fingerprint density at radius 3 is 2.62 bits per heavy atom. The molecule has 2 aromatic carbocycles. The fourth-order valence-electron chi connectivity index (χ4n) is 2.02. The van der Waals surface area contributed by atoms with Crippen LogP contribution in [-0.2, 0) is 0 Å². The van der Waals surface area contributed by atoms with Crippen molar-refractivity contribution in [3.05, 3.63) is 53.6 Å². The SMILES string of the molecule is Cc1ccc(-n2nnnc2-c2cc(N)ccc2F)c(F)c1. The molecule has 1 aromatic heterocycles. The number of halogens is 2. The molecule has 7 heteroatoms. The smallest absolute Gasteiger partial charge is 0.190 e. The van der Waals surface area contributed by atoms with E-state index in [0.717, 1.165) is 10.2 Å². The highest BCUT2D eigenvalue weighted by Gasteiger charge is 2.17. The van der Waals surface area contributed by atoms with E-state index in [4.69, 9.17) is 5.73 Å². The molecule has 0 spiro atoms. The monoisotopic (exact) mass is 287 g/mol. The number of anilines is 1. The summed E-state index contributed by atoms with van der Waals surface area (Å²) >= 11 is 0. The fraction of sp³-hybridized carbons (Fsp3) is 0.0714. The summed E-state index contributed by atoms with van der Waals surface area (Å²) in [7, 11) is 0. The Bertz CT molecular complexity index is 813. The van der Waals surface area contributed by atoms with Crippen LogP contribution in [0.3, 0.4) is 0 Å². The maximum Gasteiger partial charge on any atom is 0.190 e. The molecule has 0 aliphatic heterocycles. The molecule has 3 aromatic rings. The van der Waals surface area contributed by atoms with E-state index >= 15 is 0 Å². The molecule has 0 unspecified atom stereocenters. The number of aryl methyl sites for hydroxylation is 1. The van der Waals surface area contributed by atoms with Gasteiger partial charge in [-0.25, -0.2) is 8.78 Å². The summed E-state index contributed by atoms with van der Waals surface area (Å²) in [6, 6.07) is 8.67. The van der Waals surface area contributed by atoms with Gasteiger partial charge in [-0.1, -0.05) is 6.07 Å². The lowest BCUT2D eigenvalue weighted by Crippen LogP contribution is -2.04. The van der Waals surface area contributed by atoms with Crippen LogP contribution in [0.25, 0.3) is 17.1 Å². The first-order chi connectivity index (χ1) is 10.1. The van der Waals surface area contributed by atoms with Crippen molar-refractivity contribution in [3.63, 3.8) is 0 Å². The molecule has 2 N–H and O–H groups in total. The van der Waals surface area contributed by atoms with Gasteiger partial charge < -0.3 is 5.73 Å². The first-order valence-corrected chi connectivity index (χ1v) is 6.16. The van der Waals surface area contributed by atoms with Gasteiger partial charge in [0, 0.05) is 5.69 Å². The van der Waals surface area contributed by atoms with Gasteiger partial charge in [0.15, 0.2) is 5.82 Å². The van der Waals surface area contributed by atoms with Gasteiger partial charge in [-0.2, -0.15) is 4.68 Å². The van der Waals surface area contributed by atoms with Crippen LogP contribution in [0, 0.1) is 18.6 Å². The van der Waals surface area contributed by atoms with Crippen LogP contribution in [0.1, 0.15) is 5.56 Å². The molecule has 0 aliphatic carbocycles. The molecule has 21 heavy (non-hydrogen) atoms. The molecule has 0 aliphatic rings. The molecule has 3 rings (SSSR count). The van der Waals surface area contributed by atoms with Crippen molar-refractivity contribution < 1.29 is 8.78 Å². The normalized spacial score (nSPS) is 10.8. The van der Waals surface area contributed by atoms with E-state index < -0.39 is 11.6 Å². The number of rotatable bonds is 2. The van der Waals surface area contributed by atoms with Crippen LogP contribution in [-0.4, -0.2) is 20.2 Å². The minimum Gasteiger partial charge on any atom is -0.399 e. The van der Waals surface area contributed by atoms with E-state index in [1.165, 1.54) is 30.3 Å². The second-order valence-electron chi connectivity index (χ2n) is 4.61. The van der Waals surface area contributed by atoms with Crippen LogP contribution in [0.2, 0.25) is 0 Å². The summed E-state index contributed by atoms with van der Waals surface area (Å²) < 4.78 is 29.1. The van der Waals surface area contributed by atoms with Gasteiger partial charge >= 0.3 is 0 Å². The Morgan fingerprint density at radius 2 is 1.86 bits per heavy atom. The summed E-state index contributed by atoms with van der Waals surface area (Å²) in [5, 5.41) is 11.0. The zero-order chi connectivity index (χ0) is 15.0. The Balaban J connectivity index is 2.19. The lowest BCUT2D eigenvalue weighted by atomic mass is 10.1. The number of nitrogens with two attached hydrogens (primary N) is 1. The predicted molar refractivity (Wildman–Crippen MR) is 73.7 cm³/mol. The maximum atomic E-state index is 14.1. The summed E-state index contributed by atoms with van der Waals surface area (Å²) in [5.41, 5.74) is 7.04. The molecule has 0 atom stereocenters. The van der Waals surface area contributed by atoms with Gasteiger partial charge in [-0.05, 0) is 53.2 Å². The standard InChI is InChI=1S/C14H11F2N5/c1-8-2-5-13(12(16)6-8)21-14(18-19-20-21)10-7-9(17)3-4-11(10)15/h2-7H,17H2,1H3. The molecule has 0 saturated heterocycles. The molecule has 0 fully saturated rings. The highest BCUT2D eigenvalue weighted by atomic mass is 19.1. The van der Waals surface area contributed by atoms with Crippen molar-refractivity contribution in [1.82, 2.24) is 20.2 Å². The van der Waals surface area contributed by atoms with Crippen LogP contribution >= 0.6 is 0 Å². The molecule has 0 amide bonds. The third-order valence-corrected chi connectivity index (χ3v) is 3.03. The summed E-state index contributed by atoms with van der Waals surface area (Å²) in [6.07, 6.45) is 0. The third-order valence-electron chi connectivity index (χ3n) is 3.03. The Hall–Kier alpha value is -2.83. The van der Waals surface area contributed by atoms with Crippen molar-refractivity contribution in [2.45, 2.75) is 6.92 Å². The largest absolute Gasteiger partial charge is 0.399 e. The van der Waals surface area contributed by atoms with Gasteiger partial charge in [-0.15, -0.1) is 5.10 Å². The topological polar surface area (TPSA) is 69.6 Å². The van der Waals surface area contributed by atoms with E-state index in [1.54, 1.807) is 13.0 Å². The van der Waals surface area contributed by atoms with E-state index in [1.807, 2.05) is 0 Å². The van der Waals surface area contributed by atoms with E-state index in [-0.39, 0.29) is 17.1 Å². The number of tetrazole rings is 1. The molecule has 1 heterocycles. The molecule has 0 saturated carbocycles. The number of nitrogens with zero attached hydrogens (tertiary/aromatic N) is 4. The van der Waals surface area contributed by atoms with Crippen LogP contribution in [0.5, 0.6) is 0 Å². The van der Waals surface area contributed by atoms with Gasteiger partial charge in [0.05, 0.1) is 5.56 Å². The van der Waals surface area contributed by atoms with Crippen LogP contribution in [0.15, 0.2) is 36.4 Å². The average Bonchev–Trinajstić information content (AvgIpc) is 2.90. The highest BCUT2D eigenvalue weighted by molar-refractivity contribution is 5.63. The van der Waals surface area contributed by atoms with Crippen molar-refractivity contribution >= 4 is 5.69 Å². The summed E-state index contributed by atoms with van der Waals surface area (Å²) in [5.74, 6) is -0.941. The zero-order valence-electron chi connectivity index (χ0n) is 11.1. The minimum absolute atomic E-state index is 0.0857. The molecular formula is C14H11F2N5. The molecule has 0 radical (unpaired) electrons. The van der Waals surface area contributed by atoms with E-state index in [0.29, 0.717) is 5.69 Å². The van der Waals surface area contributed by atoms with Crippen molar-refractivity contribution in [3.8, 4) is 17.1 Å². The Kier molecular flexibility index (Phi) is 3.09. The van der Waals surface area contributed by atoms with Crippen LogP contribution in [0.4, 0.5) is 14.5 Å². The quantitative estimate of drug-likeness (QED) is 0.735. The summed E-state index contributed by atoms with van der Waals surface area (Å²) in [4.78, 5) is 0. The molecule has 5 nitrogen and oxygen atoms in total. The second kappa shape index (κ2) is 4.93. The predicted octanol–water partition coefficient (Wildman–Crippen LogP) is 2.50. The molecule has 106 valence electrons. The first kappa shape index (κ1) is 13.2. The van der Waals surface area contributed by atoms with Crippen molar-refractivity contribution in [2.24, 2.45) is 0 Å². The average molecular weight is 287 g/mol. The zero-order valence-corrected chi connectivity index (χ0v) is 11.1. The van der Waals surface area contributed by atoms with Crippen molar-refractivity contribution in [1.29, 1.82) is 0 Å². The van der Waals surface area contributed by atoms with Crippen LogP contribution < -0.4 is 5.73 Å². The molecule has 0 bridgehead atoms. The van der Waals surface area contributed by atoms with Crippen molar-refractivity contribution in [2.75, 3.05) is 5.73 Å². The lowest BCUT2D eigenvalue weighted by molar-refractivity contribution is 0.604. The maximum absolute atomic E-state index is 14.1. The third kappa shape index (κ3) is 2.33. The number of nitrogen functional groups attached to an aromatic ring is 1. The summed E-state index contributed by atoms with van der Waals surface area (Å²) in [6.45, 7) is 1.77. The van der Waals surface area contributed by atoms with Gasteiger partial charge in [0.1, 0.15) is 17.3 Å². The minimum atomic E-state index is -0.534. The number of aromatic nitrogens is 4. The van der Waals surface area contributed by atoms with Gasteiger partial charge in [0.25, 0.3) is 0 Å². The lowest BCUT2D eigenvalue weighted by Gasteiger charge is -2.07. The van der Waals surface area contributed by atoms with Gasteiger partial charge in [0.2, 0.25) is 0 Å².